The average Bonchev–Trinajstić information content (AvgIpc) is 3.51. The minimum atomic E-state index is -5.36. The van der Waals surface area contributed by atoms with Crippen LogP contribution < -0.4 is 9.64 Å². The number of nitrogens with zero attached hydrogens (tertiary/aromatic N) is 3. The van der Waals surface area contributed by atoms with E-state index in [9.17, 15) is 21.6 Å². The van der Waals surface area contributed by atoms with Crippen LogP contribution in [0.25, 0.3) is 0 Å². The fourth-order valence-electron chi connectivity index (χ4n) is 4.29. The van der Waals surface area contributed by atoms with Gasteiger partial charge in [-0.25, -0.2) is 8.42 Å². The Morgan fingerprint density at radius 2 is 1.71 bits per heavy atom. The number of halogens is 3. The maximum Gasteiger partial charge on any atom is 0.501 e. The van der Waals surface area contributed by atoms with Crippen LogP contribution in [0.5, 0.6) is 11.5 Å². The topological polar surface area (TPSA) is 62.7 Å². The van der Waals surface area contributed by atoms with E-state index in [4.69, 9.17) is 4.74 Å². The van der Waals surface area contributed by atoms with Gasteiger partial charge < -0.3 is 9.64 Å². The average molecular weight is 490 g/mol. The van der Waals surface area contributed by atoms with E-state index in [1.807, 2.05) is 36.4 Å². The molecule has 0 N–H and O–H groups in total. The number of alkyl halides is 3. The third-order valence-corrected chi connectivity index (χ3v) is 7.85. The summed E-state index contributed by atoms with van der Waals surface area (Å²) >= 11 is 0. The maximum absolute atomic E-state index is 12.8. The lowest BCUT2D eigenvalue weighted by Crippen LogP contribution is -2.32. The van der Waals surface area contributed by atoms with Crippen LogP contribution in [0.15, 0.2) is 78.0 Å². The molecule has 2 fully saturated rings. The van der Waals surface area contributed by atoms with Crippen molar-refractivity contribution in [2.45, 2.75) is 35.3 Å². The monoisotopic (exact) mass is 489 g/mol. The van der Waals surface area contributed by atoms with Crippen LogP contribution in [0.3, 0.4) is 0 Å². The number of rotatable bonds is 6. The zero-order chi connectivity index (χ0) is 24.0. The summed E-state index contributed by atoms with van der Waals surface area (Å²) in [4.78, 5) is 7.84. The summed E-state index contributed by atoms with van der Waals surface area (Å²) in [7, 11) is -5.36. The number of hydrogen-bond acceptors (Lipinski definition) is 6. The molecule has 1 saturated heterocycles. The number of ether oxygens (including phenoxy) is 1. The Morgan fingerprint density at radius 1 is 1.00 bits per heavy atom. The van der Waals surface area contributed by atoms with Crippen molar-refractivity contribution in [2.24, 2.45) is 0 Å². The molecule has 1 aliphatic carbocycles. The summed E-state index contributed by atoms with van der Waals surface area (Å²) < 4.78 is 67.9. The van der Waals surface area contributed by atoms with Crippen LogP contribution in [0, 0.1) is 0 Å². The van der Waals surface area contributed by atoms with Gasteiger partial charge in [-0.05, 0) is 55.3 Å². The fraction of sp³-hybridized carbons (Fsp3) is 0.292. The number of sulfone groups is 1. The van der Waals surface area contributed by atoms with Gasteiger partial charge in [0.15, 0.2) is 0 Å². The van der Waals surface area contributed by atoms with Gasteiger partial charge in [0, 0.05) is 36.1 Å². The van der Waals surface area contributed by atoms with Crippen molar-refractivity contribution in [1.29, 1.82) is 0 Å². The second kappa shape index (κ2) is 8.28. The van der Waals surface area contributed by atoms with E-state index in [0.29, 0.717) is 24.7 Å². The first-order chi connectivity index (χ1) is 16.2. The Balaban J connectivity index is 1.33. The number of benzene rings is 2. The van der Waals surface area contributed by atoms with Crippen molar-refractivity contribution in [3.8, 4) is 11.5 Å². The molecule has 1 aliphatic heterocycles. The standard InChI is InChI=1S/C24H22F3N3O3S/c25-24(26,27)34(31,32)21-8-6-19(7-9-21)29-16-23(11-12-23)30(17-29)15-18-10-13-28-14-22(18)33-20-4-2-1-3-5-20/h1-10,13-14H,11-12,15-17H2. The highest BCUT2D eigenvalue weighted by molar-refractivity contribution is 7.92. The fourth-order valence-corrected chi connectivity index (χ4v) is 5.05. The molecule has 2 aliphatic rings. The van der Waals surface area contributed by atoms with Crippen LogP contribution >= 0.6 is 0 Å². The van der Waals surface area contributed by atoms with E-state index in [1.165, 1.54) is 12.1 Å². The van der Waals surface area contributed by atoms with Gasteiger partial charge in [-0.15, -0.1) is 0 Å². The molecule has 5 rings (SSSR count). The second-order valence-electron chi connectivity index (χ2n) is 8.60. The van der Waals surface area contributed by atoms with Crippen molar-refractivity contribution in [3.05, 3.63) is 78.6 Å². The van der Waals surface area contributed by atoms with E-state index >= 15 is 0 Å². The molecule has 0 radical (unpaired) electrons. The lowest BCUT2D eigenvalue weighted by atomic mass is 10.2. The number of pyridine rings is 1. The normalized spacial score (nSPS) is 17.8. The Morgan fingerprint density at radius 3 is 2.35 bits per heavy atom. The molecule has 0 atom stereocenters. The first-order valence-corrected chi connectivity index (χ1v) is 12.2. The molecule has 178 valence electrons. The third-order valence-electron chi connectivity index (χ3n) is 6.34. The van der Waals surface area contributed by atoms with E-state index in [-0.39, 0.29) is 5.54 Å². The van der Waals surface area contributed by atoms with E-state index in [2.05, 4.69) is 14.8 Å². The molecule has 2 aromatic carbocycles. The SMILES string of the molecule is O=S(=O)(c1ccc(N2CN(Cc3ccncc3Oc3ccccc3)C3(CC3)C2)cc1)C(F)(F)F. The summed E-state index contributed by atoms with van der Waals surface area (Å²) in [5, 5.41) is 0. The minimum absolute atomic E-state index is 0.00992. The molecule has 0 amide bonds. The first-order valence-electron chi connectivity index (χ1n) is 10.8. The number of hydrogen-bond donors (Lipinski definition) is 0. The molecule has 1 saturated carbocycles. The summed E-state index contributed by atoms with van der Waals surface area (Å²) in [6, 6.07) is 16.3. The molecule has 2 heterocycles. The van der Waals surface area contributed by atoms with E-state index < -0.39 is 20.2 Å². The van der Waals surface area contributed by atoms with Crippen molar-refractivity contribution in [1.82, 2.24) is 9.88 Å². The molecule has 3 aromatic rings. The minimum Gasteiger partial charge on any atom is -0.455 e. The van der Waals surface area contributed by atoms with Crippen molar-refractivity contribution < 1.29 is 26.3 Å². The molecule has 1 spiro atoms. The molecular formula is C24H22F3N3O3S. The summed E-state index contributed by atoms with van der Waals surface area (Å²) in [5.74, 6) is 1.39. The van der Waals surface area contributed by atoms with Gasteiger partial charge in [-0.1, -0.05) is 18.2 Å². The van der Waals surface area contributed by atoms with Crippen molar-refractivity contribution in [3.63, 3.8) is 0 Å². The Labute approximate surface area is 195 Å². The summed E-state index contributed by atoms with van der Waals surface area (Å²) in [6.45, 7) is 1.92. The summed E-state index contributed by atoms with van der Waals surface area (Å²) in [5.41, 5.74) is -3.66. The molecular weight excluding hydrogens is 467 g/mol. The van der Waals surface area contributed by atoms with Gasteiger partial charge in [0.25, 0.3) is 9.84 Å². The van der Waals surface area contributed by atoms with E-state index in [1.54, 1.807) is 12.4 Å². The van der Waals surface area contributed by atoms with Crippen molar-refractivity contribution >= 4 is 15.5 Å². The van der Waals surface area contributed by atoms with Gasteiger partial charge in [0.2, 0.25) is 0 Å². The largest absolute Gasteiger partial charge is 0.501 e. The number of aromatic nitrogens is 1. The summed E-state index contributed by atoms with van der Waals surface area (Å²) in [6.07, 6.45) is 5.45. The smallest absolute Gasteiger partial charge is 0.455 e. The van der Waals surface area contributed by atoms with Crippen molar-refractivity contribution in [2.75, 3.05) is 18.1 Å². The predicted octanol–water partition coefficient (Wildman–Crippen LogP) is 4.98. The maximum atomic E-state index is 12.8. The quantitative estimate of drug-likeness (QED) is 0.487. The zero-order valence-electron chi connectivity index (χ0n) is 18.1. The Bertz CT molecular complexity index is 1280. The highest BCUT2D eigenvalue weighted by Gasteiger charge is 2.53. The number of para-hydroxylation sites is 1. The molecule has 34 heavy (non-hydrogen) atoms. The molecule has 0 unspecified atom stereocenters. The van der Waals surface area contributed by atoms with Gasteiger partial charge in [-0.3, -0.25) is 9.88 Å². The van der Waals surface area contributed by atoms with E-state index in [0.717, 1.165) is 42.8 Å². The first kappa shape index (κ1) is 22.7. The highest BCUT2D eigenvalue weighted by Crippen LogP contribution is 2.48. The van der Waals surface area contributed by atoms with Gasteiger partial charge in [-0.2, -0.15) is 13.2 Å². The van der Waals surface area contributed by atoms with Crippen LogP contribution in [0.4, 0.5) is 18.9 Å². The van der Waals surface area contributed by atoms with Crippen LogP contribution in [-0.2, 0) is 16.4 Å². The van der Waals surface area contributed by atoms with Gasteiger partial charge in [0.05, 0.1) is 17.8 Å². The zero-order valence-corrected chi connectivity index (χ0v) is 18.9. The second-order valence-corrected chi connectivity index (χ2v) is 10.5. The number of anilines is 1. The van der Waals surface area contributed by atoms with Crippen LogP contribution in [0.1, 0.15) is 18.4 Å². The molecule has 0 bridgehead atoms. The third kappa shape index (κ3) is 4.23. The van der Waals surface area contributed by atoms with Crippen LogP contribution in [0.2, 0.25) is 0 Å². The Kier molecular flexibility index (Phi) is 5.52. The van der Waals surface area contributed by atoms with Gasteiger partial charge >= 0.3 is 5.51 Å². The molecule has 6 nitrogen and oxygen atoms in total. The van der Waals surface area contributed by atoms with Crippen LogP contribution in [-0.4, -0.2) is 42.6 Å². The Hall–Kier alpha value is -3.11. The highest BCUT2D eigenvalue weighted by atomic mass is 32.2. The lowest BCUT2D eigenvalue weighted by Gasteiger charge is -2.23. The lowest BCUT2D eigenvalue weighted by molar-refractivity contribution is -0.0436. The van der Waals surface area contributed by atoms with Gasteiger partial charge in [0.1, 0.15) is 11.5 Å². The molecule has 10 heteroatoms. The molecule has 1 aromatic heterocycles. The predicted molar refractivity (Wildman–Crippen MR) is 120 cm³/mol.